The van der Waals surface area contributed by atoms with Crippen LogP contribution in [-0.2, 0) is 4.74 Å². The highest BCUT2D eigenvalue weighted by Gasteiger charge is 2.25. The molecule has 1 aliphatic heterocycles. The number of hydrogen-bond acceptors (Lipinski definition) is 2. The van der Waals surface area contributed by atoms with E-state index in [1.54, 1.807) is 11.3 Å². The van der Waals surface area contributed by atoms with Crippen LogP contribution in [0.2, 0.25) is 0 Å². The van der Waals surface area contributed by atoms with Gasteiger partial charge in [-0.05, 0) is 32.9 Å². The van der Waals surface area contributed by atoms with E-state index in [0.717, 1.165) is 6.61 Å². The number of hydrogen-bond donors (Lipinski definition) is 0. The molecule has 1 unspecified atom stereocenters. The predicted octanol–water partition coefficient (Wildman–Crippen LogP) is 2.58. The van der Waals surface area contributed by atoms with Crippen LogP contribution >= 0.6 is 27.3 Å². The third kappa shape index (κ3) is 1.18. The molecule has 1 aromatic heterocycles. The van der Waals surface area contributed by atoms with E-state index in [0.29, 0.717) is 6.10 Å². The Labute approximate surface area is 65.8 Å². The Morgan fingerprint density at radius 2 is 2.56 bits per heavy atom. The molecule has 2 heterocycles. The second-order valence-electron chi connectivity index (χ2n) is 2.01. The topological polar surface area (TPSA) is 12.5 Å². The van der Waals surface area contributed by atoms with Crippen molar-refractivity contribution in [3.05, 3.63) is 20.8 Å². The average molecular weight is 205 g/mol. The van der Waals surface area contributed by atoms with E-state index in [4.69, 9.17) is 4.74 Å². The van der Waals surface area contributed by atoms with Crippen molar-refractivity contribution in [2.45, 2.75) is 6.10 Å². The van der Waals surface area contributed by atoms with E-state index in [9.17, 15) is 0 Å². The van der Waals surface area contributed by atoms with Gasteiger partial charge in [-0.1, -0.05) is 0 Å². The first-order chi connectivity index (χ1) is 4.36. The summed E-state index contributed by atoms with van der Waals surface area (Å²) in [4.78, 5) is 0. The smallest absolute Gasteiger partial charge is 0.107 e. The molecule has 2 rings (SSSR count). The van der Waals surface area contributed by atoms with Gasteiger partial charge >= 0.3 is 0 Å². The van der Waals surface area contributed by atoms with E-state index >= 15 is 0 Å². The monoisotopic (exact) mass is 204 g/mol. The number of thiophene rings is 1. The molecule has 0 spiro atoms. The predicted molar refractivity (Wildman–Crippen MR) is 40.7 cm³/mol. The molecular weight excluding hydrogens is 200 g/mol. The molecule has 0 aliphatic carbocycles. The Hall–Kier alpha value is 0.140. The van der Waals surface area contributed by atoms with Crippen molar-refractivity contribution in [3.63, 3.8) is 0 Å². The SMILES string of the molecule is Brc1cc(C2CO2)cs1. The fourth-order valence-electron chi connectivity index (χ4n) is 0.733. The van der Waals surface area contributed by atoms with Gasteiger partial charge in [0.25, 0.3) is 0 Å². The molecule has 1 fully saturated rings. The number of epoxide rings is 1. The molecule has 0 aromatic carbocycles. The van der Waals surface area contributed by atoms with Gasteiger partial charge in [0, 0.05) is 0 Å². The highest BCUT2D eigenvalue weighted by atomic mass is 79.9. The van der Waals surface area contributed by atoms with Crippen LogP contribution in [0.3, 0.4) is 0 Å². The second kappa shape index (κ2) is 2.08. The van der Waals surface area contributed by atoms with E-state index in [2.05, 4.69) is 27.4 Å². The largest absolute Gasteiger partial charge is 0.368 e. The molecule has 0 N–H and O–H groups in total. The number of ether oxygens (including phenoxy) is 1. The standard InChI is InChI=1S/C6H5BrOS/c7-6-1-4(3-9-6)5-2-8-5/h1,3,5H,2H2. The summed E-state index contributed by atoms with van der Waals surface area (Å²) in [6, 6.07) is 2.11. The van der Waals surface area contributed by atoms with Crippen LogP contribution in [0.15, 0.2) is 15.2 Å². The molecule has 0 saturated carbocycles. The van der Waals surface area contributed by atoms with Gasteiger partial charge in [0.2, 0.25) is 0 Å². The van der Waals surface area contributed by atoms with Crippen LogP contribution < -0.4 is 0 Å². The van der Waals surface area contributed by atoms with E-state index in [-0.39, 0.29) is 0 Å². The van der Waals surface area contributed by atoms with Crippen molar-refractivity contribution < 1.29 is 4.74 Å². The molecule has 0 radical (unpaired) electrons. The lowest BCUT2D eigenvalue weighted by Crippen LogP contribution is -1.69. The van der Waals surface area contributed by atoms with Crippen molar-refractivity contribution in [2.75, 3.05) is 6.61 Å². The minimum Gasteiger partial charge on any atom is -0.368 e. The van der Waals surface area contributed by atoms with Gasteiger partial charge < -0.3 is 4.74 Å². The lowest BCUT2D eigenvalue weighted by molar-refractivity contribution is 0.416. The highest BCUT2D eigenvalue weighted by Crippen LogP contribution is 2.34. The van der Waals surface area contributed by atoms with Gasteiger partial charge in [-0.2, -0.15) is 0 Å². The van der Waals surface area contributed by atoms with Gasteiger partial charge in [-0.3, -0.25) is 0 Å². The summed E-state index contributed by atoms with van der Waals surface area (Å²) >= 11 is 5.10. The molecular formula is C6H5BrOS. The quantitative estimate of drug-likeness (QED) is 0.642. The van der Waals surface area contributed by atoms with Gasteiger partial charge in [0.1, 0.15) is 6.10 Å². The third-order valence-corrected chi connectivity index (χ3v) is 2.82. The number of rotatable bonds is 1. The minimum atomic E-state index is 0.410. The maximum atomic E-state index is 5.09. The van der Waals surface area contributed by atoms with Crippen molar-refractivity contribution >= 4 is 27.3 Å². The Balaban J connectivity index is 2.28. The molecule has 9 heavy (non-hydrogen) atoms. The molecule has 0 bridgehead atoms. The molecule has 1 aromatic rings. The van der Waals surface area contributed by atoms with E-state index < -0.39 is 0 Å². The summed E-state index contributed by atoms with van der Waals surface area (Å²) in [5, 5.41) is 2.13. The van der Waals surface area contributed by atoms with Crippen LogP contribution in [0.1, 0.15) is 11.7 Å². The zero-order chi connectivity index (χ0) is 6.27. The zero-order valence-corrected chi connectivity index (χ0v) is 7.04. The molecule has 48 valence electrons. The third-order valence-electron chi connectivity index (χ3n) is 1.29. The fourth-order valence-corrected chi connectivity index (χ4v) is 1.95. The van der Waals surface area contributed by atoms with Gasteiger partial charge in [0.05, 0.1) is 10.4 Å². The molecule has 0 amide bonds. The summed E-state index contributed by atoms with van der Waals surface area (Å²) in [6.07, 6.45) is 0.410. The van der Waals surface area contributed by atoms with Crippen molar-refractivity contribution in [2.24, 2.45) is 0 Å². The summed E-state index contributed by atoms with van der Waals surface area (Å²) in [5.74, 6) is 0. The lowest BCUT2D eigenvalue weighted by atomic mass is 10.3. The summed E-state index contributed by atoms with van der Waals surface area (Å²) in [5.41, 5.74) is 1.31. The van der Waals surface area contributed by atoms with Crippen molar-refractivity contribution in [3.8, 4) is 0 Å². The van der Waals surface area contributed by atoms with Crippen LogP contribution in [-0.4, -0.2) is 6.61 Å². The maximum Gasteiger partial charge on any atom is 0.107 e. The van der Waals surface area contributed by atoms with E-state index in [1.807, 2.05) is 0 Å². The normalized spacial score (nSPS) is 24.3. The van der Waals surface area contributed by atoms with Crippen LogP contribution in [0.5, 0.6) is 0 Å². The van der Waals surface area contributed by atoms with Crippen molar-refractivity contribution in [1.29, 1.82) is 0 Å². The highest BCUT2D eigenvalue weighted by molar-refractivity contribution is 9.11. The number of halogens is 1. The molecule has 1 aliphatic rings. The lowest BCUT2D eigenvalue weighted by Gasteiger charge is -1.80. The van der Waals surface area contributed by atoms with Gasteiger partial charge in [-0.15, -0.1) is 11.3 Å². The van der Waals surface area contributed by atoms with E-state index in [1.165, 1.54) is 9.35 Å². The molecule has 1 atom stereocenters. The molecule has 3 heteroatoms. The first kappa shape index (κ1) is 5.89. The Kier molecular flexibility index (Phi) is 1.36. The average Bonchev–Trinajstić information content (AvgIpc) is 2.58. The summed E-state index contributed by atoms with van der Waals surface area (Å²) in [7, 11) is 0. The minimum absolute atomic E-state index is 0.410. The Bertz CT molecular complexity index is 217. The van der Waals surface area contributed by atoms with Gasteiger partial charge in [-0.25, -0.2) is 0 Å². The first-order valence-electron chi connectivity index (χ1n) is 2.72. The zero-order valence-electron chi connectivity index (χ0n) is 4.63. The van der Waals surface area contributed by atoms with Crippen molar-refractivity contribution in [1.82, 2.24) is 0 Å². The molecule has 1 nitrogen and oxygen atoms in total. The Morgan fingerprint density at radius 3 is 3.00 bits per heavy atom. The van der Waals surface area contributed by atoms with Gasteiger partial charge in [0.15, 0.2) is 0 Å². The first-order valence-corrected chi connectivity index (χ1v) is 4.39. The summed E-state index contributed by atoms with van der Waals surface area (Å²) in [6.45, 7) is 0.906. The second-order valence-corrected chi connectivity index (χ2v) is 4.30. The maximum absolute atomic E-state index is 5.09. The van der Waals surface area contributed by atoms with Crippen LogP contribution in [0.4, 0.5) is 0 Å². The van der Waals surface area contributed by atoms with Crippen LogP contribution in [0, 0.1) is 0 Å². The fraction of sp³-hybridized carbons (Fsp3) is 0.333. The summed E-state index contributed by atoms with van der Waals surface area (Å²) < 4.78 is 6.28. The Morgan fingerprint density at radius 1 is 1.78 bits per heavy atom. The molecule has 1 saturated heterocycles. The van der Waals surface area contributed by atoms with Crippen LogP contribution in [0.25, 0.3) is 0 Å².